The molecule has 1 nitrogen and oxygen atoms in total. The number of halogens is 4. The van der Waals surface area contributed by atoms with Crippen LogP contribution in [0.15, 0.2) is 35.4 Å². The first kappa shape index (κ1) is 10.4. The van der Waals surface area contributed by atoms with Crippen molar-refractivity contribution in [2.75, 3.05) is 0 Å². The summed E-state index contributed by atoms with van der Waals surface area (Å²) in [7, 11) is 0. The van der Waals surface area contributed by atoms with E-state index < -0.39 is 5.51 Å². The van der Waals surface area contributed by atoms with Crippen LogP contribution in [0, 0.1) is 0 Å². The van der Waals surface area contributed by atoms with Crippen LogP contribution in [0.5, 0.6) is 0 Å². The third-order valence-electron chi connectivity index (χ3n) is 1.86. The topological polar surface area (TPSA) is 4.93 Å². The Morgan fingerprint density at radius 3 is 2.47 bits per heavy atom. The Kier molecular flexibility index (Phi) is 2.38. The summed E-state index contributed by atoms with van der Waals surface area (Å²) in [6.45, 7) is 0. The molecule has 0 unspecified atom stereocenters. The first-order chi connectivity index (χ1) is 6.97. The van der Waals surface area contributed by atoms with E-state index in [0.717, 1.165) is 6.20 Å². The predicted octanol–water partition coefficient (Wildman–Crippen LogP) is 3.99. The number of nitrogens with zero attached hydrogens (tertiary/aromatic N) is 1. The highest BCUT2D eigenvalue weighted by Crippen LogP contribution is 2.40. The molecule has 0 aliphatic rings. The Morgan fingerprint density at radius 1 is 1.13 bits per heavy atom. The molecule has 0 fully saturated rings. The van der Waals surface area contributed by atoms with Gasteiger partial charge in [-0.25, -0.2) is 0 Å². The molecule has 0 aliphatic carbocycles. The summed E-state index contributed by atoms with van der Waals surface area (Å²) in [5.41, 5.74) is -4.26. The van der Waals surface area contributed by atoms with E-state index >= 15 is 0 Å². The van der Waals surface area contributed by atoms with Crippen molar-refractivity contribution in [2.24, 2.45) is 0 Å². The van der Waals surface area contributed by atoms with Crippen LogP contribution < -0.4 is 0 Å². The monoisotopic (exact) mass is 235 g/mol. The van der Waals surface area contributed by atoms with E-state index in [1.54, 1.807) is 12.1 Å². The number of benzene rings is 1. The number of hydrogen-bond donors (Lipinski definition) is 0. The first-order valence-corrected chi connectivity index (χ1v) is 4.81. The van der Waals surface area contributed by atoms with Gasteiger partial charge in [-0.05, 0) is 17.8 Å². The van der Waals surface area contributed by atoms with Crippen molar-refractivity contribution in [3.8, 4) is 0 Å². The van der Waals surface area contributed by atoms with E-state index in [1.807, 2.05) is 0 Å². The van der Waals surface area contributed by atoms with Crippen LogP contribution in [0.25, 0.3) is 10.9 Å². The number of thioether (sulfide) groups is 1. The quantitative estimate of drug-likeness (QED) is 0.534. The third-order valence-corrected chi connectivity index (χ3v) is 2.63. The Labute approximate surface area is 86.6 Å². The SMILES string of the molecule is Fn1cc(SC(F)(F)F)c2ccccc21. The Hall–Kier alpha value is -1.17. The first-order valence-electron chi connectivity index (χ1n) is 3.99. The second-order valence-corrected chi connectivity index (χ2v) is 3.98. The Bertz CT molecular complexity index is 488. The molecular weight excluding hydrogens is 230 g/mol. The van der Waals surface area contributed by atoms with Crippen LogP contribution in [0.2, 0.25) is 0 Å². The fraction of sp³-hybridized carbons (Fsp3) is 0.111. The average molecular weight is 235 g/mol. The summed E-state index contributed by atoms with van der Waals surface area (Å²) in [6.07, 6.45) is 0.836. The minimum absolute atomic E-state index is 0.124. The van der Waals surface area contributed by atoms with Gasteiger partial charge in [0.05, 0.1) is 11.7 Å². The van der Waals surface area contributed by atoms with Gasteiger partial charge >= 0.3 is 5.51 Å². The maximum Gasteiger partial charge on any atom is 0.446 e. The molecule has 0 bridgehead atoms. The smallest absolute Gasteiger partial charge is 0.185 e. The molecule has 6 heteroatoms. The van der Waals surface area contributed by atoms with Gasteiger partial charge in [0, 0.05) is 10.3 Å². The lowest BCUT2D eigenvalue weighted by atomic mass is 10.2. The fourth-order valence-electron chi connectivity index (χ4n) is 1.32. The highest BCUT2D eigenvalue weighted by Gasteiger charge is 2.31. The van der Waals surface area contributed by atoms with Crippen molar-refractivity contribution >= 4 is 22.7 Å². The summed E-state index contributed by atoms with van der Waals surface area (Å²) >= 11 is -0.310. The maximum atomic E-state index is 13.1. The molecule has 2 rings (SSSR count). The predicted molar refractivity (Wildman–Crippen MR) is 50.4 cm³/mol. The maximum absolute atomic E-state index is 13.1. The van der Waals surface area contributed by atoms with Crippen molar-refractivity contribution in [1.82, 2.24) is 4.79 Å². The van der Waals surface area contributed by atoms with Gasteiger partial charge in [-0.1, -0.05) is 22.7 Å². The van der Waals surface area contributed by atoms with E-state index in [1.165, 1.54) is 12.1 Å². The molecule has 0 saturated heterocycles. The molecule has 15 heavy (non-hydrogen) atoms. The van der Waals surface area contributed by atoms with Crippen molar-refractivity contribution in [3.05, 3.63) is 30.5 Å². The standard InChI is InChI=1S/C9H5F4NS/c10-9(11,12)15-8-5-14(13)7-4-2-1-3-6(7)8/h1-5H. The summed E-state index contributed by atoms with van der Waals surface area (Å²) in [5.74, 6) is 0. The van der Waals surface area contributed by atoms with Gasteiger partial charge < -0.3 is 0 Å². The van der Waals surface area contributed by atoms with Crippen LogP contribution in [0.1, 0.15) is 0 Å². The van der Waals surface area contributed by atoms with E-state index in [0.29, 0.717) is 0 Å². The fourth-order valence-corrected chi connectivity index (χ4v) is 1.99. The van der Waals surface area contributed by atoms with Crippen LogP contribution >= 0.6 is 11.8 Å². The summed E-state index contributed by atoms with van der Waals surface area (Å²) in [6, 6.07) is 6.03. The molecule has 0 radical (unpaired) electrons. The van der Waals surface area contributed by atoms with Crippen LogP contribution in [0.4, 0.5) is 17.7 Å². The highest BCUT2D eigenvalue weighted by atomic mass is 32.2. The summed E-state index contributed by atoms with van der Waals surface area (Å²) in [5, 5.41) is 0.266. The van der Waals surface area contributed by atoms with Gasteiger partial charge in [0.15, 0.2) is 0 Å². The third kappa shape index (κ3) is 2.09. The molecule has 0 atom stereocenters. The van der Waals surface area contributed by atoms with E-state index in [9.17, 15) is 17.7 Å². The van der Waals surface area contributed by atoms with Crippen LogP contribution in [0.3, 0.4) is 0 Å². The van der Waals surface area contributed by atoms with Crippen molar-refractivity contribution in [1.29, 1.82) is 0 Å². The van der Waals surface area contributed by atoms with Crippen LogP contribution in [-0.4, -0.2) is 10.3 Å². The highest BCUT2D eigenvalue weighted by molar-refractivity contribution is 8.00. The number of aromatic nitrogens is 1. The van der Waals surface area contributed by atoms with Gasteiger partial charge in [-0.15, -0.1) is 0 Å². The molecule has 1 aromatic heterocycles. The average Bonchev–Trinajstić information content (AvgIpc) is 2.42. The van der Waals surface area contributed by atoms with Crippen molar-refractivity contribution in [3.63, 3.8) is 0 Å². The molecule has 0 saturated carbocycles. The molecule has 2 aromatic rings. The molecule has 0 amide bonds. The second kappa shape index (κ2) is 3.44. The zero-order chi connectivity index (χ0) is 11.1. The molecule has 0 spiro atoms. The van der Waals surface area contributed by atoms with E-state index in [4.69, 9.17) is 0 Å². The number of hydrogen-bond acceptors (Lipinski definition) is 1. The zero-order valence-corrected chi connectivity index (χ0v) is 8.07. The van der Waals surface area contributed by atoms with Gasteiger partial charge in [0.25, 0.3) is 0 Å². The number of para-hydroxylation sites is 1. The zero-order valence-electron chi connectivity index (χ0n) is 7.25. The van der Waals surface area contributed by atoms with E-state index in [-0.39, 0.29) is 32.3 Å². The Balaban J connectivity index is 2.53. The van der Waals surface area contributed by atoms with E-state index in [2.05, 4.69) is 0 Å². The van der Waals surface area contributed by atoms with Gasteiger partial charge in [-0.2, -0.15) is 18.0 Å². The number of rotatable bonds is 1. The number of alkyl halides is 3. The van der Waals surface area contributed by atoms with Gasteiger partial charge in [-0.3, -0.25) is 0 Å². The molecule has 80 valence electrons. The molecule has 0 N–H and O–H groups in total. The largest absolute Gasteiger partial charge is 0.446 e. The lowest BCUT2D eigenvalue weighted by Gasteiger charge is -2.02. The van der Waals surface area contributed by atoms with Gasteiger partial charge in [0.1, 0.15) is 0 Å². The minimum atomic E-state index is -4.40. The minimum Gasteiger partial charge on any atom is -0.185 e. The molecule has 1 aromatic carbocycles. The summed E-state index contributed by atoms with van der Waals surface area (Å²) in [4.78, 5) is 0.0734. The Morgan fingerprint density at radius 2 is 1.80 bits per heavy atom. The summed E-state index contributed by atoms with van der Waals surface area (Å²) < 4.78 is 49.4. The number of fused-ring (bicyclic) bond motifs is 1. The lowest BCUT2D eigenvalue weighted by Crippen LogP contribution is -1.98. The van der Waals surface area contributed by atoms with Crippen molar-refractivity contribution in [2.45, 2.75) is 10.4 Å². The molecule has 1 heterocycles. The second-order valence-electron chi connectivity index (χ2n) is 2.87. The molecular formula is C9H5F4NS. The molecule has 0 aliphatic heterocycles. The van der Waals surface area contributed by atoms with Crippen molar-refractivity contribution < 1.29 is 17.7 Å². The van der Waals surface area contributed by atoms with Crippen LogP contribution in [-0.2, 0) is 0 Å². The normalized spacial score (nSPS) is 12.3. The van der Waals surface area contributed by atoms with Gasteiger partial charge in [0.2, 0.25) is 0 Å². The lowest BCUT2D eigenvalue weighted by molar-refractivity contribution is -0.0327.